The number of methoxy groups -OCH3 is 1. The third-order valence-corrected chi connectivity index (χ3v) is 6.18. The Labute approximate surface area is 165 Å². The average molecular weight is 397 g/mol. The van der Waals surface area contributed by atoms with Gasteiger partial charge >= 0.3 is 11.6 Å². The number of nitrogens with one attached hydrogen (secondary N) is 1. The molecule has 0 saturated heterocycles. The molecule has 7 heteroatoms. The number of amides is 1. The maximum Gasteiger partial charge on any atom is 0.349 e. The Bertz CT molecular complexity index is 1140. The van der Waals surface area contributed by atoms with E-state index in [4.69, 9.17) is 9.15 Å². The number of hydrogen-bond acceptors (Lipinski definition) is 6. The number of ether oxygens (including phenoxy) is 1. The first-order valence-electron chi connectivity index (χ1n) is 9.05. The smallest absolute Gasteiger partial charge is 0.349 e. The molecule has 0 fully saturated rings. The van der Waals surface area contributed by atoms with Crippen LogP contribution in [0.4, 0.5) is 5.00 Å². The molecule has 144 valence electrons. The van der Waals surface area contributed by atoms with Crippen molar-refractivity contribution < 1.29 is 18.7 Å². The van der Waals surface area contributed by atoms with Crippen molar-refractivity contribution in [1.82, 2.24) is 0 Å². The fourth-order valence-corrected chi connectivity index (χ4v) is 4.94. The van der Waals surface area contributed by atoms with Gasteiger partial charge in [0.15, 0.2) is 0 Å². The number of anilines is 1. The summed E-state index contributed by atoms with van der Waals surface area (Å²) < 4.78 is 10.2. The van der Waals surface area contributed by atoms with E-state index in [1.807, 2.05) is 0 Å². The lowest BCUT2D eigenvalue weighted by atomic mass is 9.88. The summed E-state index contributed by atoms with van der Waals surface area (Å²) in [4.78, 5) is 38.5. The maximum absolute atomic E-state index is 12.8. The first-order chi connectivity index (χ1) is 13.5. The van der Waals surface area contributed by atoms with E-state index in [-0.39, 0.29) is 5.56 Å². The topological polar surface area (TPSA) is 85.6 Å². The monoisotopic (exact) mass is 397 g/mol. The lowest BCUT2D eigenvalue weighted by molar-refractivity contribution is 0.0601. The molecule has 0 radical (unpaired) electrons. The normalized spacial score (nSPS) is 15.9. The number of carbonyl (C=O) groups is 2. The summed E-state index contributed by atoms with van der Waals surface area (Å²) in [5.74, 6) is -0.558. The Morgan fingerprint density at radius 3 is 2.86 bits per heavy atom. The summed E-state index contributed by atoms with van der Waals surface area (Å²) in [5, 5.41) is 3.81. The van der Waals surface area contributed by atoms with Crippen LogP contribution in [0.15, 0.2) is 39.5 Å². The van der Waals surface area contributed by atoms with E-state index in [1.165, 1.54) is 24.5 Å². The van der Waals surface area contributed by atoms with E-state index < -0.39 is 17.5 Å². The Hall–Kier alpha value is -2.93. The summed E-state index contributed by atoms with van der Waals surface area (Å²) in [6, 6.07) is 8.49. The number of rotatable bonds is 3. The molecular weight excluding hydrogens is 378 g/mol. The highest BCUT2D eigenvalue weighted by molar-refractivity contribution is 7.17. The minimum absolute atomic E-state index is 0.103. The molecule has 0 unspecified atom stereocenters. The molecule has 28 heavy (non-hydrogen) atoms. The Morgan fingerprint density at radius 2 is 2.07 bits per heavy atom. The van der Waals surface area contributed by atoms with Crippen LogP contribution in [0, 0.1) is 5.92 Å². The second kappa shape index (κ2) is 7.24. The molecule has 2 aromatic heterocycles. The number of hydrogen-bond donors (Lipinski definition) is 1. The van der Waals surface area contributed by atoms with Crippen molar-refractivity contribution in [2.45, 2.75) is 26.2 Å². The van der Waals surface area contributed by atoms with E-state index in [0.717, 1.165) is 29.7 Å². The molecule has 0 bridgehead atoms. The summed E-state index contributed by atoms with van der Waals surface area (Å²) >= 11 is 1.38. The van der Waals surface area contributed by atoms with Crippen LogP contribution in [0.1, 0.15) is 44.5 Å². The molecule has 1 aromatic carbocycles. The molecule has 1 amide bonds. The lowest BCUT2D eigenvalue weighted by Gasteiger charge is -2.18. The quantitative estimate of drug-likeness (QED) is 0.533. The zero-order valence-corrected chi connectivity index (χ0v) is 16.4. The lowest BCUT2D eigenvalue weighted by Crippen LogP contribution is -2.21. The maximum atomic E-state index is 12.8. The van der Waals surface area contributed by atoms with Crippen LogP contribution >= 0.6 is 11.3 Å². The fraction of sp³-hybridized carbons (Fsp3) is 0.286. The second-order valence-electron chi connectivity index (χ2n) is 6.99. The zero-order valence-electron chi connectivity index (χ0n) is 15.5. The molecule has 0 spiro atoms. The van der Waals surface area contributed by atoms with Gasteiger partial charge in [-0.15, -0.1) is 11.3 Å². The van der Waals surface area contributed by atoms with E-state index in [2.05, 4.69) is 12.2 Å². The highest BCUT2D eigenvalue weighted by Gasteiger charge is 2.29. The molecule has 4 rings (SSSR count). The van der Waals surface area contributed by atoms with Gasteiger partial charge in [0.2, 0.25) is 0 Å². The van der Waals surface area contributed by atoms with E-state index in [0.29, 0.717) is 27.5 Å². The Balaban J connectivity index is 1.73. The molecule has 1 atom stereocenters. The Morgan fingerprint density at radius 1 is 1.29 bits per heavy atom. The molecule has 0 saturated carbocycles. The zero-order chi connectivity index (χ0) is 19.8. The Kier molecular flexibility index (Phi) is 4.77. The first-order valence-corrected chi connectivity index (χ1v) is 9.86. The number of para-hydroxylation sites is 1. The second-order valence-corrected chi connectivity index (χ2v) is 8.09. The van der Waals surface area contributed by atoms with Crippen LogP contribution in [0.25, 0.3) is 11.0 Å². The summed E-state index contributed by atoms with van der Waals surface area (Å²) in [6.45, 7) is 2.17. The van der Waals surface area contributed by atoms with E-state index in [9.17, 15) is 14.4 Å². The largest absolute Gasteiger partial charge is 0.465 e. The summed E-state index contributed by atoms with van der Waals surface area (Å²) in [6.07, 6.45) is 2.61. The highest BCUT2D eigenvalue weighted by atomic mass is 32.1. The van der Waals surface area contributed by atoms with Crippen molar-refractivity contribution in [3.05, 3.63) is 62.3 Å². The van der Waals surface area contributed by atoms with Crippen molar-refractivity contribution in [3.63, 3.8) is 0 Å². The molecular formula is C21H19NO5S. The van der Waals surface area contributed by atoms with E-state index >= 15 is 0 Å². The van der Waals surface area contributed by atoms with Gasteiger partial charge < -0.3 is 14.5 Å². The molecule has 3 aromatic rings. The first kappa shape index (κ1) is 18.4. The van der Waals surface area contributed by atoms with Crippen LogP contribution < -0.4 is 10.9 Å². The number of carbonyl (C=O) groups excluding carboxylic acids is 2. The number of benzene rings is 1. The van der Waals surface area contributed by atoms with Gasteiger partial charge in [0.25, 0.3) is 5.91 Å². The minimum atomic E-state index is -0.717. The summed E-state index contributed by atoms with van der Waals surface area (Å²) in [7, 11) is 1.32. The minimum Gasteiger partial charge on any atom is -0.465 e. The SMILES string of the molecule is COC(=O)c1c(NC(=O)c2cc3ccccc3oc2=O)sc2c1CC[C@@H](C)C2. The average Bonchev–Trinajstić information content (AvgIpc) is 3.03. The number of fused-ring (bicyclic) bond motifs is 2. The fourth-order valence-electron chi connectivity index (χ4n) is 3.55. The third kappa shape index (κ3) is 3.22. The molecule has 2 heterocycles. The van der Waals surface area contributed by atoms with Crippen LogP contribution in [0.2, 0.25) is 0 Å². The highest BCUT2D eigenvalue weighted by Crippen LogP contribution is 2.40. The van der Waals surface area contributed by atoms with Crippen molar-refractivity contribution in [2.24, 2.45) is 5.92 Å². The van der Waals surface area contributed by atoms with Gasteiger partial charge in [0.1, 0.15) is 16.1 Å². The summed E-state index contributed by atoms with van der Waals surface area (Å²) in [5.41, 5.74) is 0.934. The standard InChI is InChI=1S/C21H19NO5S/c1-11-7-8-13-16(9-11)28-19(17(13)21(25)26-2)22-18(23)14-10-12-5-3-4-6-15(12)27-20(14)24/h3-6,10-11H,7-9H2,1-2H3,(H,22,23)/t11-/m1/s1. The van der Waals surface area contributed by atoms with Crippen molar-refractivity contribution in [3.8, 4) is 0 Å². The van der Waals surface area contributed by atoms with Crippen LogP contribution in [-0.2, 0) is 17.6 Å². The number of esters is 1. The third-order valence-electron chi connectivity index (χ3n) is 5.01. The number of thiophene rings is 1. The van der Waals surface area contributed by atoms with Gasteiger partial charge in [0.05, 0.1) is 12.7 Å². The molecule has 1 aliphatic rings. The van der Waals surface area contributed by atoms with Crippen LogP contribution in [0.3, 0.4) is 0 Å². The van der Waals surface area contributed by atoms with Crippen molar-refractivity contribution in [1.29, 1.82) is 0 Å². The van der Waals surface area contributed by atoms with Gasteiger partial charge in [-0.3, -0.25) is 4.79 Å². The molecule has 0 aliphatic heterocycles. The van der Waals surface area contributed by atoms with Crippen LogP contribution in [-0.4, -0.2) is 19.0 Å². The van der Waals surface area contributed by atoms with Gasteiger partial charge in [-0.2, -0.15) is 0 Å². The molecule has 1 N–H and O–H groups in total. The predicted molar refractivity (Wildman–Crippen MR) is 107 cm³/mol. The van der Waals surface area contributed by atoms with Gasteiger partial charge in [0, 0.05) is 10.3 Å². The van der Waals surface area contributed by atoms with Gasteiger partial charge in [-0.25, -0.2) is 9.59 Å². The molecule has 6 nitrogen and oxygen atoms in total. The van der Waals surface area contributed by atoms with Crippen LogP contribution in [0.5, 0.6) is 0 Å². The van der Waals surface area contributed by atoms with Crippen molar-refractivity contribution >= 4 is 39.2 Å². The molecule has 1 aliphatic carbocycles. The predicted octanol–water partition coefficient (Wildman–Crippen LogP) is 4.02. The van der Waals surface area contributed by atoms with Crippen molar-refractivity contribution in [2.75, 3.05) is 12.4 Å². The van der Waals surface area contributed by atoms with E-state index in [1.54, 1.807) is 24.3 Å². The van der Waals surface area contributed by atoms with Gasteiger partial charge in [-0.05, 0) is 42.9 Å². The van der Waals surface area contributed by atoms with Gasteiger partial charge in [-0.1, -0.05) is 25.1 Å².